The van der Waals surface area contributed by atoms with E-state index in [1.165, 1.54) is 6.07 Å². The molecule has 176 valence electrons. The van der Waals surface area contributed by atoms with Crippen LogP contribution in [0.4, 0.5) is 10.6 Å². The number of aliphatic carboxylic acids is 1. The largest absolute Gasteiger partial charge is 0.481 e. The van der Waals surface area contributed by atoms with E-state index in [-0.39, 0.29) is 36.5 Å². The minimum absolute atomic E-state index is 0.0139. The van der Waals surface area contributed by atoms with Crippen LogP contribution in [0.2, 0.25) is 0 Å². The fourth-order valence-corrected chi connectivity index (χ4v) is 4.15. The Morgan fingerprint density at radius 1 is 1.06 bits per heavy atom. The van der Waals surface area contributed by atoms with Crippen LogP contribution in [0.5, 0.6) is 0 Å². The molecule has 1 aliphatic carbocycles. The number of ether oxygens (including phenoxy) is 1. The van der Waals surface area contributed by atoms with Crippen LogP contribution in [0.3, 0.4) is 0 Å². The Kier molecular flexibility index (Phi) is 6.62. The van der Waals surface area contributed by atoms with Crippen LogP contribution in [0, 0.1) is 11.8 Å². The van der Waals surface area contributed by atoms with Crippen molar-refractivity contribution in [3.05, 3.63) is 71.4 Å². The molecule has 9 nitrogen and oxygen atoms in total. The number of H-pyrrole nitrogens is 1. The molecule has 4 rings (SSSR count). The first-order valence-electron chi connectivity index (χ1n) is 11.0. The van der Waals surface area contributed by atoms with Crippen LogP contribution in [0.25, 0.3) is 11.1 Å². The van der Waals surface area contributed by atoms with E-state index in [1.54, 1.807) is 13.8 Å². The first-order valence-corrected chi connectivity index (χ1v) is 11.0. The topological polar surface area (TPSA) is 133 Å². The van der Waals surface area contributed by atoms with E-state index >= 15 is 0 Å². The molecule has 0 fully saturated rings. The van der Waals surface area contributed by atoms with Crippen molar-refractivity contribution in [1.29, 1.82) is 0 Å². The Morgan fingerprint density at radius 3 is 2.26 bits per heavy atom. The number of aromatic amines is 1. The Balaban J connectivity index is 1.33. The molecule has 1 atom stereocenters. The van der Waals surface area contributed by atoms with Gasteiger partial charge in [0.05, 0.1) is 5.92 Å². The van der Waals surface area contributed by atoms with Crippen molar-refractivity contribution < 1.29 is 24.2 Å². The minimum atomic E-state index is -0.975. The van der Waals surface area contributed by atoms with Crippen LogP contribution in [-0.2, 0) is 9.53 Å². The molecule has 2 aromatic carbocycles. The summed E-state index contributed by atoms with van der Waals surface area (Å²) in [5, 5.41) is 20.8. The zero-order chi connectivity index (χ0) is 24.2. The molecule has 0 radical (unpaired) electrons. The molecule has 3 aromatic rings. The maximum atomic E-state index is 12.4. The van der Waals surface area contributed by atoms with Gasteiger partial charge in [-0.3, -0.25) is 20.0 Å². The molecule has 0 aliphatic heterocycles. The molecule has 1 aliphatic rings. The lowest BCUT2D eigenvalue weighted by Gasteiger charge is -2.16. The van der Waals surface area contributed by atoms with Gasteiger partial charge < -0.3 is 15.2 Å². The molecule has 0 saturated carbocycles. The normalized spacial score (nSPS) is 13.1. The monoisotopic (exact) mass is 462 g/mol. The molecule has 0 saturated heterocycles. The zero-order valence-electron chi connectivity index (χ0n) is 18.9. The Bertz CT molecular complexity index is 1170. The third-order valence-electron chi connectivity index (χ3n) is 6.00. The van der Waals surface area contributed by atoms with Crippen LogP contribution in [0.15, 0.2) is 54.6 Å². The second-order valence-electron chi connectivity index (χ2n) is 8.52. The highest BCUT2D eigenvalue weighted by Gasteiger charge is 2.29. The van der Waals surface area contributed by atoms with E-state index in [4.69, 9.17) is 4.74 Å². The summed E-state index contributed by atoms with van der Waals surface area (Å²) in [6.07, 6.45) is -0.689. The first kappa shape index (κ1) is 23.0. The van der Waals surface area contributed by atoms with Crippen molar-refractivity contribution in [2.45, 2.75) is 19.8 Å². The van der Waals surface area contributed by atoms with E-state index in [9.17, 15) is 19.5 Å². The third kappa shape index (κ3) is 4.78. The van der Waals surface area contributed by atoms with Crippen molar-refractivity contribution in [3.8, 4) is 11.1 Å². The summed E-state index contributed by atoms with van der Waals surface area (Å²) in [7, 11) is 0. The summed E-state index contributed by atoms with van der Waals surface area (Å²) in [5.41, 5.74) is 4.59. The highest BCUT2D eigenvalue weighted by molar-refractivity contribution is 5.94. The summed E-state index contributed by atoms with van der Waals surface area (Å²) >= 11 is 0. The number of carboxylic acid groups (broad SMARTS) is 1. The summed E-state index contributed by atoms with van der Waals surface area (Å²) in [6.45, 7) is 3.69. The number of aromatic nitrogens is 2. The van der Waals surface area contributed by atoms with Gasteiger partial charge in [-0.1, -0.05) is 62.4 Å². The maximum absolute atomic E-state index is 12.4. The van der Waals surface area contributed by atoms with Crippen molar-refractivity contribution in [2.24, 2.45) is 11.8 Å². The lowest BCUT2D eigenvalue weighted by molar-refractivity contribution is -0.142. The molecule has 34 heavy (non-hydrogen) atoms. The molecule has 0 spiro atoms. The minimum Gasteiger partial charge on any atom is -0.481 e. The summed E-state index contributed by atoms with van der Waals surface area (Å²) in [4.78, 5) is 36.0. The van der Waals surface area contributed by atoms with E-state index < -0.39 is 23.9 Å². The van der Waals surface area contributed by atoms with Crippen LogP contribution >= 0.6 is 0 Å². The molecule has 4 N–H and O–H groups in total. The predicted octanol–water partition coefficient (Wildman–Crippen LogP) is 3.86. The average molecular weight is 463 g/mol. The third-order valence-corrected chi connectivity index (χ3v) is 6.00. The predicted molar refractivity (Wildman–Crippen MR) is 126 cm³/mol. The van der Waals surface area contributed by atoms with Gasteiger partial charge in [-0.25, -0.2) is 4.79 Å². The highest BCUT2D eigenvalue weighted by Crippen LogP contribution is 2.44. The number of carbonyl (C=O) groups excluding carboxylic acids is 2. The maximum Gasteiger partial charge on any atom is 0.412 e. The quantitative estimate of drug-likeness (QED) is 0.402. The number of amides is 2. The van der Waals surface area contributed by atoms with E-state index in [2.05, 4.69) is 33.0 Å². The number of nitrogens with one attached hydrogen (secondary N) is 3. The molecule has 9 heteroatoms. The zero-order valence-corrected chi connectivity index (χ0v) is 18.9. The number of carbonyl (C=O) groups is 3. The van der Waals surface area contributed by atoms with Gasteiger partial charge in [-0.2, -0.15) is 5.10 Å². The number of hydrogen-bond donors (Lipinski definition) is 4. The number of rotatable bonds is 8. The highest BCUT2D eigenvalue weighted by atomic mass is 16.5. The van der Waals surface area contributed by atoms with Crippen molar-refractivity contribution in [1.82, 2.24) is 15.5 Å². The molecular weight excluding hydrogens is 436 g/mol. The van der Waals surface area contributed by atoms with Crippen LogP contribution in [0.1, 0.15) is 41.4 Å². The van der Waals surface area contributed by atoms with E-state index in [0.717, 1.165) is 22.3 Å². The van der Waals surface area contributed by atoms with Gasteiger partial charge in [0.15, 0.2) is 5.82 Å². The standard InChI is InChI=1S/C25H26N4O5/c1-14(2)19(24(31)32)12-26-23(30)21-11-22(29-28-21)27-25(33)34-13-20-17-9-5-3-7-15(17)16-8-4-6-10-18(16)20/h3-11,14,19-20H,12-13H2,1-2H3,(H,26,30)(H,31,32)(H2,27,28,29,33). The van der Waals surface area contributed by atoms with Crippen molar-refractivity contribution in [3.63, 3.8) is 0 Å². The van der Waals surface area contributed by atoms with Gasteiger partial charge in [0, 0.05) is 18.5 Å². The molecular formula is C25H26N4O5. The molecule has 1 heterocycles. The average Bonchev–Trinajstić information content (AvgIpc) is 3.40. The molecule has 1 unspecified atom stereocenters. The summed E-state index contributed by atoms with van der Waals surface area (Å²) in [5.74, 6) is -2.27. The number of hydrogen-bond acceptors (Lipinski definition) is 5. The second kappa shape index (κ2) is 9.78. The number of anilines is 1. The SMILES string of the molecule is CC(C)C(CNC(=O)c1cc(NC(=O)OCC2c3ccccc3-c3ccccc32)n[nH]1)C(=O)O. The number of nitrogens with zero attached hydrogens (tertiary/aromatic N) is 1. The molecule has 0 bridgehead atoms. The number of carboxylic acids is 1. The van der Waals surface area contributed by atoms with E-state index in [0.29, 0.717) is 0 Å². The number of benzene rings is 2. The molecule has 1 aromatic heterocycles. The fraction of sp³-hybridized carbons (Fsp3) is 0.280. The second-order valence-corrected chi connectivity index (χ2v) is 8.52. The van der Waals surface area contributed by atoms with Gasteiger partial charge in [0.1, 0.15) is 12.3 Å². The summed E-state index contributed by atoms with van der Waals surface area (Å²) in [6, 6.07) is 17.5. The van der Waals surface area contributed by atoms with Gasteiger partial charge in [-0.05, 0) is 28.2 Å². The van der Waals surface area contributed by atoms with Gasteiger partial charge in [0.25, 0.3) is 5.91 Å². The lowest BCUT2D eigenvalue weighted by atomic mass is 9.96. The lowest BCUT2D eigenvalue weighted by Crippen LogP contribution is -2.35. The summed E-state index contributed by atoms with van der Waals surface area (Å²) < 4.78 is 5.48. The first-order chi connectivity index (χ1) is 16.3. The fourth-order valence-electron chi connectivity index (χ4n) is 4.15. The van der Waals surface area contributed by atoms with Crippen molar-refractivity contribution >= 4 is 23.8 Å². The Hall–Kier alpha value is -4.14. The Morgan fingerprint density at radius 2 is 1.68 bits per heavy atom. The van der Waals surface area contributed by atoms with E-state index in [1.807, 2.05) is 36.4 Å². The van der Waals surface area contributed by atoms with Crippen molar-refractivity contribution in [2.75, 3.05) is 18.5 Å². The van der Waals surface area contributed by atoms with Crippen LogP contribution in [-0.4, -0.2) is 46.4 Å². The van der Waals surface area contributed by atoms with Gasteiger partial charge in [0.2, 0.25) is 0 Å². The van der Waals surface area contributed by atoms with Crippen LogP contribution < -0.4 is 10.6 Å². The number of fused-ring (bicyclic) bond motifs is 3. The smallest absolute Gasteiger partial charge is 0.412 e. The molecule has 2 amide bonds. The Labute approximate surface area is 196 Å². The van der Waals surface area contributed by atoms with Gasteiger partial charge in [-0.15, -0.1) is 0 Å². The van der Waals surface area contributed by atoms with Gasteiger partial charge >= 0.3 is 12.1 Å².